The lowest BCUT2D eigenvalue weighted by atomic mass is 10.2. The Morgan fingerprint density at radius 2 is 2.00 bits per heavy atom. The van der Waals surface area contributed by atoms with Gasteiger partial charge in [-0.15, -0.1) is 4.83 Å². The van der Waals surface area contributed by atoms with Crippen molar-refractivity contribution in [2.24, 2.45) is 0 Å². The van der Waals surface area contributed by atoms with E-state index in [-0.39, 0.29) is 15.8 Å². The number of benzene rings is 1. The Labute approximate surface area is 132 Å². The van der Waals surface area contributed by atoms with Gasteiger partial charge in [-0.3, -0.25) is 10.2 Å². The van der Waals surface area contributed by atoms with Gasteiger partial charge in [0.1, 0.15) is 22.3 Å². The second kappa shape index (κ2) is 6.15. The molecule has 10 heteroatoms. The van der Waals surface area contributed by atoms with Crippen LogP contribution in [0, 0.1) is 18.6 Å². The maximum Gasteiger partial charge on any atom is 0.269 e. The fourth-order valence-electron chi connectivity index (χ4n) is 1.64. The fraction of sp³-hybridized carbons (Fsp3) is 0.0833. The number of carbonyl (C=O) groups excluding carboxylic acids is 1. The van der Waals surface area contributed by atoms with Crippen molar-refractivity contribution < 1.29 is 26.4 Å². The Bertz CT molecular complexity index is 812. The Hall–Kier alpha value is -1.78. The minimum Gasteiger partial charge on any atom is -0.469 e. The molecular weight excluding hydrogens is 386 g/mol. The molecule has 118 valence electrons. The van der Waals surface area contributed by atoms with Gasteiger partial charge in [-0.2, -0.15) is 0 Å². The van der Waals surface area contributed by atoms with Crippen LogP contribution in [0.25, 0.3) is 0 Å². The molecule has 0 aliphatic carbocycles. The van der Waals surface area contributed by atoms with Crippen molar-refractivity contribution in [1.29, 1.82) is 0 Å². The quantitative estimate of drug-likeness (QED) is 0.778. The Balaban J connectivity index is 2.23. The van der Waals surface area contributed by atoms with Crippen LogP contribution in [-0.4, -0.2) is 14.3 Å². The number of hydrogen-bond donors (Lipinski definition) is 2. The molecule has 0 fully saturated rings. The molecule has 0 bridgehead atoms. The molecule has 0 radical (unpaired) electrons. The highest BCUT2D eigenvalue weighted by Crippen LogP contribution is 2.25. The zero-order valence-corrected chi connectivity index (χ0v) is 13.4. The first kappa shape index (κ1) is 16.6. The molecule has 22 heavy (non-hydrogen) atoms. The fourth-order valence-corrected chi connectivity index (χ4v) is 3.65. The van der Waals surface area contributed by atoms with Crippen molar-refractivity contribution in [3.05, 3.63) is 51.9 Å². The lowest BCUT2D eigenvalue weighted by Crippen LogP contribution is -2.42. The van der Waals surface area contributed by atoms with Crippen LogP contribution in [0.15, 0.2) is 38.2 Å². The van der Waals surface area contributed by atoms with Gasteiger partial charge >= 0.3 is 0 Å². The summed E-state index contributed by atoms with van der Waals surface area (Å²) in [6.07, 6.45) is 1.26. The van der Waals surface area contributed by atoms with Gasteiger partial charge < -0.3 is 4.42 Å². The Kier molecular flexibility index (Phi) is 4.63. The number of hydrogen-bond acceptors (Lipinski definition) is 4. The summed E-state index contributed by atoms with van der Waals surface area (Å²) in [5, 5.41) is 0. The predicted octanol–water partition coefficient (Wildman–Crippen LogP) is 2.25. The third-order valence-corrected chi connectivity index (χ3v) is 4.85. The summed E-state index contributed by atoms with van der Waals surface area (Å²) in [6, 6.07) is 2.55. The van der Waals surface area contributed by atoms with E-state index < -0.39 is 32.5 Å². The number of aryl methyl sites for hydroxylation is 1. The zero-order chi connectivity index (χ0) is 16.5. The third-order valence-electron chi connectivity index (χ3n) is 2.63. The van der Waals surface area contributed by atoms with Crippen LogP contribution in [0.3, 0.4) is 0 Å². The largest absolute Gasteiger partial charge is 0.469 e. The molecule has 1 heterocycles. The van der Waals surface area contributed by atoms with E-state index >= 15 is 0 Å². The van der Waals surface area contributed by atoms with Gasteiger partial charge in [0, 0.05) is 10.5 Å². The van der Waals surface area contributed by atoms with E-state index in [9.17, 15) is 22.0 Å². The molecule has 1 aromatic carbocycles. The van der Waals surface area contributed by atoms with E-state index in [0.29, 0.717) is 6.07 Å². The summed E-state index contributed by atoms with van der Waals surface area (Å²) < 4.78 is 55.2. The van der Waals surface area contributed by atoms with E-state index in [4.69, 9.17) is 4.42 Å². The smallest absolute Gasteiger partial charge is 0.269 e. The first-order valence-corrected chi connectivity index (χ1v) is 8.01. The van der Waals surface area contributed by atoms with Gasteiger partial charge in [0.25, 0.3) is 15.9 Å². The summed E-state index contributed by atoms with van der Waals surface area (Å²) in [7, 11) is -4.44. The van der Waals surface area contributed by atoms with E-state index in [2.05, 4.69) is 15.9 Å². The van der Waals surface area contributed by atoms with E-state index in [1.807, 2.05) is 5.43 Å². The van der Waals surface area contributed by atoms with Crippen molar-refractivity contribution in [3.63, 3.8) is 0 Å². The summed E-state index contributed by atoms with van der Waals surface area (Å²) in [6.45, 7) is 1.51. The van der Waals surface area contributed by atoms with Gasteiger partial charge in [0.2, 0.25) is 0 Å². The van der Waals surface area contributed by atoms with Crippen LogP contribution < -0.4 is 10.3 Å². The number of sulfonamides is 1. The normalized spacial score (nSPS) is 11.5. The van der Waals surface area contributed by atoms with Crippen molar-refractivity contribution in [3.8, 4) is 0 Å². The highest BCUT2D eigenvalue weighted by Gasteiger charge is 2.24. The number of nitrogens with one attached hydrogen (secondary N) is 2. The maximum atomic E-state index is 13.7. The van der Waals surface area contributed by atoms with Crippen molar-refractivity contribution in [1.82, 2.24) is 10.3 Å². The Morgan fingerprint density at radius 3 is 2.55 bits per heavy atom. The van der Waals surface area contributed by atoms with Crippen molar-refractivity contribution in [2.75, 3.05) is 0 Å². The summed E-state index contributed by atoms with van der Waals surface area (Å²) >= 11 is 2.76. The molecule has 1 aromatic heterocycles. The highest BCUT2D eigenvalue weighted by molar-refractivity contribution is 9.10. The molecule has 6 nitrogen and oxygen atoms in total. The molecule has 2 rings (SSSR count). The lowest BCUT2D eigenvalue weighted by Gasteiger charge is -2.10. The number of rotatable bonds is 4. The van der Waals surface area contributed by atoms with Gasteiger partial charge in [-0.05, 0) is 35.0 Å². The second-order valence-corrected chi connectivity index (χ2v) is 6.62. The van der Waals surface area contributed by atoms with Crippen molar-refractivity contribution >= 4 is 31.9 Å². The molecule has 2 N–H and O–H groups in total. The molecule has 0 aliphatic rings. The van der Waals surface area contributed by atoms with Crippen LogP contribution in [0.4, 0.5) is 8.78 Å². The molecule has 0 saturated heterocycles. The lowest BCUT2D eigenvalue weighted by molar-refractivity contribution is 0.0943. The number of halogens is 3. The average molecular weight is 395 g/mol. The second-order valence-electron chi connectivity index (χ2n) is 4.15. The zero-order valence-electron chi connectivity index (χ0n) is 11.0. The molecule has 0 atom stereocenters. The molecule has 0 spiro atoms. The molecule has 2 aromatic rings. The van der Waals surface area contributed by atoms with Crippen LogP contribution in [0.1, 0.15) is 16.1 Å². The summed E-state index contributed by atoms with van der Waals surface area (Å²) in [5.41, 5.74) is 2.03. The van der Waals surface area contributed by atoms with Gasteiger partial charge in [0.15, 0.2) is 0 Å². The summed E-state index contributed by atoms with van der Waals surface area (Å²) in [4.78, 5) is 12.7. The topological polar surface area (TPSA) is 88.4 Å². The molecule has 0 saturated carbocycles. The van der Waals surface area contributed by atoms with E-state index in [1.165, 1.54) is 19.3 Å². The van der Waals surface area contributed by atoms with Crippen molar-refractivity contribution in [2.45, 2.75) is 11.8 Å². The number of carbonyl (C=O) groups is 1. The van der Waals surface area contributed by atoms with E-state index in [0.717, 1.165) is 6.07 Å². The van der Waals surface area contributed by atoms with E-state index in [1.54, 1.807) is 4.83 Å². The monoisotopic (exact) mass is 394 g/mol. The van der Waals surface area contributed by atoms with Gasteiger partial charge in [0.05, 0.1) is 11.8 Å². The predicted molar refractivity (Wildman–Crippen MR) is 75.3 cm³/mol. The highest BCUT2D eigenvalue weighted by atomic mass is 79.9. The molecular formula is C12H9BrF2N2O4S. The van der Waals surface area contributed by atoms with Gasteiger partial charge in [-0.25, -0.2) is 17.2 Å². The SMILES string of the molecule is Cc1occc1C(=O)NNS(=O)(=O)c1c(F)cc(F)cc1Br. The molecule has 0 unspecified atom stereocenters. The minimum atomic E-state index is -4.44. The maximum absolute atomic E-state index is 13.7. The summed E-state index contributed by atoms with van der Waals surface area (Å²) in [5.74, 6) is -2.74. The number of amides is 1. The van der Waals surface area contributed by atoms with Gasteiger partial charge in [-0.1, -0.05) is 0 Å². The first-order chi connectivity index (χ1) is 10.2. The standard InChI is InChI=1S/C12H9BrF2N2O4S/c1-6-8(2-3-21-6)12(18)16-17-22(19,20)11-9(13)4-7(14)5-10(11)15/h2-5,17H,1H3,(H,16,18). The third kappa shape index (κ3) is 3.34. The molecule has 1 amide bonds. The minimum absolute atomic E-state index is 0.112. The number of furan rings is 1. The molecule has 0 aliphatic heterocycles. The average Bonchev–Trinajstić information content (AvgIpc) is 2.80. The number of hydrazine groups is 1. The van der Waals surface area contributed by atoms with Crippen LogP contribution in [0.2, 0.25) is 0 Å². The van der Waals surface area contributed by atoms with Crippen LogP contribution in [-0.2, 0) is 10.0 Å². The van der Waals surface area contributed by atoms with Crippen LogP contribution in [0.5, 0.6) is 0 Å². The first-order valence-electron chi connectivity index (χ1n) is 5.73. The Morgan fingerprint density at radius 1 is 1.32 bits per heavy atom. The van der Waals surface area contributed by atoms with Crippen LogP contribution >= 0.6 is 15.9 Å².